The number of carboxylic acids is 2. The lowest BCUT2D eigenvalue weighted by Gasteiger charge is -2.53. The first-order valence-corrected chi connectivity index (χ1v) is 47.0. The molecule has 149 heavy (non-hydrogen) atoms. The molecular weight excluding hydrogens is 2060 g/mol. The van der Waals surface area contributed by atoms with Gasteiger partial charge in [-0.1, -0.05) is 0 Å². The summed E-state index contributed by atoms with van der Waals surface area (Å²) in [6.07, 6.45) is -149. The number of aliphatic hydroxyl groups excluding tert-OH is 37. The highest BCUT2D eigenvalue weighted by molar-refractivity contribution is 5.77. The maximum absolute atomic E-state index is 14.0. The zero-order valence-corrected chi connectivity index (χ0v) is 78.7. The van der Waals surface area contributed by atoms with Gasteiger partial charge in [0.15, 0.2) is 62.9 Å². The second kappa shape index (κ2) is 51.9. The minimum Gasteiger partial charge on any atom is -0.477 e. The average molecular weight is 2190 g/mol. The molecule has 0 radical (unpaired) electrons. The van der Waals surface area contributed by atoms with Crippen LogP contribution in [0.5, 0.6) is 0 Å². The number of aliphatic carboxylic acids is 2. The molecule has 12 rings (SSSR count). The van der Waals surface area contributed by atoms with Crippen LogP contribution < -0.4 is 11.1 Å². The third kappa shape index (κ3) is 26.2. The molecule has 1 amide bonds. The normalized spacial score (nSPS) is 50.5. The van der Waals surface area contributed by atoms with E-state index >= 15 is 0 Å². The molecule has 43 N–H and O–H groups in total. The predicted octanol–water partition coefficient (Wildman–Crippen LogP) is -28.2. The van der Waals surface area contributed by atoms with Gasteiger partial charge in [-0.05, 0) is 13.8 Å². The smallest absolute Gasteiger partial charge is 0.367 e. The van der Waals surface area contributed by atoms with Crippen molar-refractivity contribution in [2.24, 2.45) is 5.73 Å². The Morgan fingerprint density at radius 3 is 1.26 bits per heavy atom. The van der Waals surface area contributed by atoms with Crippen LogP contribution in [0.25, 0.3) is 0 Å². The summed E-state index contributed by atoms with van der Waals surface area (Å²) in [6, 6.07) is -2.93. The number of carbonyl (C=O) groups excluding carboxylic acids is 1. The molecule has 12 fully saturated rings. The molecule has 0 unspecified atom stereocenters. The molecule has 0 saturated carbocycles. The number of amides is 1. The van der Waals surface area contributed by atoms with Crippen molar-refractivity contribution in [3.8, 4) is 0 Å². The van der Waals surface area contributed by atoms with Crippen molar-refractivity contribution in [1.29, 1.82) is 0 Å². The quantitative estimate of drug-likeness (QED) is 0.0271. The standard InChI is InChI=1S/C81H136N2O66/c1-15-30(96)36(102)49(115)72(133-15)142-62-29(83-17(3)89)68(132-16(2)31(62)97)128-11-22(93)56-43(109)40(106)51(117)74(138-56)145-65-41(107)35(101)28(14-131-70-47(113)37(103)33(99)26(8-87)134-70)136-77(65)143-63-52(118)57(23(94)12-130-71-48(114)39(105)42(108)55(137-71)19(90)5-84)139-75(53(63)119)144-64-54(120)76(140-59(20(91)6-85)66(64)146-73-50(116)38(104)34(100)27(9-88)135-73)141-61-25(4-80(126,78(122)123)148-60(61)21(92)7-86)147-81(79(124)125)67(121)45(111)44(110)58(149-81)24(95)13-129-69-46(112)32(98)18(82)10-127-69/h15-16,18-77,84-88,90-121,126H,4-14,82H2,1-3H3,(H,83,89)(H,122,123)(H,124,125)/t15-,16+,18+,19-,20-,21+,22-,23-,24+,25+,26+,27+,28+,29+,30-,31+,32+,33+,34+,35-,36+,37-,38-,39-,40-,41-,42-,43-,44+,45-,46-,47+,48-,49+,50+,51-,52+,53-,54-,55+,56+,57+,58+,59+,60+,61+,62+,63-,64+,65+,66+,67-,68+,69+,70-,71-,72-,73-,74+,75+,76+,77+,80+,81+/m0/s1. The van der Waals surface area contributed by atoms with Crippen molar-refractivity contribution >= 4 is 17.8 Å². The van der Waals surface area contributed by atoms with Crippen molar-refractivity contribution in [3.63, 3.8) is 0 Å². The van der Waals surface area contributed by atoms with Crippen molar-refractivity contribution < 1.29 is 328 Å². The fourth-order valence-electron chi connectivity index (χ4n) is 18.9. The maximum atomic E-state index is 14.0. The van der Waals surface area contributed by atoms with Crippen LogP contribution in [0, 0.1) is 0 Å². The zero-order valence-electron chi connectivity index (χ0n) is 78.7. The van der Waals surface area contributed by atoms with E-state index in [1.54, 1.807) is 0 Å². The number of ether oxygens (including phenoxy) is 23. The maximum Gasteiger partial charge on any atom is 0.367 e. The Labute approximate surface area is 839 Å². The fourth-order valence-corrected chi connectivity index (χ4v) is 18.9. The van der Waals surface area contributed by atoms with Crippen LogP contribution in [0.1, 0.15) is 27.2 Å². The molecule has 12 heterocycles. The van der Waals surface area contributed by atoms with E-state index in [-0.39, 0.29) is 0 Å². The van der Waals surface area contributed by atoms with Crippen molar-refractivity contribution in [1.82, 2.24) is 5.32 Å². The Bertz CT molecular complexity index is 4150. The summed E-state index contributed by atoms with van der Waals surface area (Å²) < 4.78 is 134. The third-order valence-electron chi connectivity index (χ3n) is 27.7. The van der Waals surface area contributed by atoms with Crippen LogP contribution in [0.3, 0.4) is 0 Å². The molecule has 64 atom stereocenters. The summed E-state index contributed by atoms with van der Waals surface area (Å²) in [5.41, 5.74) is 5.73. The average Bonchev–Trinajstić information content (AvgIpc) is 0.733. The summed E-state index contributed by atoms with van der Waals surface area (Å²) in [5.74, 6) is -14.1. The van der Waals surface area contributed by atoms with E-state index in [0.29, 0.717) is 0 Å². The highest BCUT2D eigenvalue weighted by atomic mass is 16.8. The largest absolute Gasteiger partial charge is 0.477 e. The second-order valence-corrected chi connectivity index (χ2v) is 38.1. The van der Waals surface area contributed by atoms with Crippen molar-refractivity contribution in [2.45, 2.75) is 419 Å². The van der Waals surface area contributed by atoms with Gasteiger partial charge in [-0.3, -0.25) is 4.79 Å². The molecule has 0 aromatic rings. The van der Waals surface area contributed by atoms with Crippen LogP contribution in [-0.2, 0) is 123 Å². The lowest BCUT2D eigenvalue weighted by molar-refractivity contribution is -0.422. The first-order valence-electron chi connectivity index (χ1n) is 47.0. The lowest BCUT2D eigenvalue weighted by atomic mass is 9.88. The molecule has 0 aliphatic carbocycles. The van der Waals surface area contributed by atoms with Gasteiger partial charge in [0, 0.05) is 13.3 Å². The summed E-state index contributed by atoms with van der Waals surface area (Å²) in [4.78, 5) is 40.1. The number of carboxylic acid groups (broad SMARTS) is 2. The Morgan fingerprint density at radius 2 is 0.718 bits per heavy atom. The Balaban J connectivity index is 0.937. The van der Waals surface area contributed by atoms with Gasteiger partial charge in [0.1, 0.15) is 293 Å². The molecule has 68 nitrogen and oxygen atoms in total. The van der Waals surface area contributed by atoms with Gasteiger partial charge >= 0.3 is 11.9 Å². The van der Waals surface area contributed by atoms with Crippen LogP contribution in [-0.4, -0.2) is 680 Å². The molecule has 68 heteroatoms. The summed E-state index contributed by atoms with van der Waals surface area (Å²) in [6.45, 7) is -9.24. The number of nitrogens with one attached hydrogen (secondary N) is 1. The van der Waals surface area contributed by atoms with Gasteiger partial charge in [-0.25, -0.2) is 9.59 Å². The van der Waals surface area contributed by atoms with Crippen LogP contribution in [0.4, 0.5) is 0 Å². The number of aliphatic hydroxyl groups is 38. The lowest BCUT2D eigenvalue weighted by Crippen LogP contribution is -2.73. The fraction of sp³-hybridized carbons (Fsp3) is 0.963. The molecular formula is C81H136N2O66. The molecule has 12 saturated heterocycles. The van der Waals surface area contributed by atoms with E-state index in [2.05, 4.69) is 5.32 Å². The second-order valence-electron chi connectivity index (χ2n) is 38.1. The van der Waals surface area contributed by atoms with E-state index in [1.807, 2.05) is 0 Å². The van der Waals surface area contributed by atoms with Gasteiger partial charge in [0.2, 0.25) is 5.91 Å². The summed E-state index contributed by atoms with van der Waals surface area (Å²) in [7, 11) is 0. The number of hydrogen-bond acceptors (Lipinski definition) is 65. The molecule has 0 bridgehead atoms. The molecule has 866 valence electrons. The molecule has 0 spiro atoms. The Hall–Kier alpha value is -4.07. The van der Waals surface area contributed by atoms with Gasteiger partial charge in [-0.2, -0.15) is 0 Å². The minimum atomic E-state index is -4.16. The van der Waals surface area contributed by atoms with Gasteiger partial charge < -0.3 is 324 Å². The van der Waals surface area contributed by atoms with Gasteiger partial charge in [0.05, 0.1) is 90.4 Å². The van der Waals surface area contributed by atoms with Crippen LogP contribution >= 0.6 is 0 Å². The van der Waals surface area contributed by atoms with Gasteiger partial charge in [-0.15, -0.1) is 0 Å². The summed E-state index contributed by atoms with van der Waals surface area (Å²) >= 11 is 0. The molecule has 0 aromatic heterocycles. The van der Waals surface area contributed by atoms with Crippen LogP contribution in [0.2, 0.25) is 0 Å². The van der Waals surface area contributed by atoms with E-state index in [0.717, 1.165) is 6.92 Å². The van der Waals surface area contributed by atoms with E-state index in [9.17, 15) is 219 Å². The number of rotatable bonds is 40. The highest BCUT2D eigenvalue weighted by Crippen LogP contribution is 2.46. The predicted molar refractivity (Wildman–Crippen MR) is 447 cm³/mol. The number of carbonyl (C=O) groups is 3. The third-order valence-corrected chi connectivity index (χ3v) is 27.7. The molecule has 0 aromatic carbocycles. The Morgan fingerprint density at radius 1 is 0.336 bits per heavy atom. The van der Waals surface area contributed by atoms with E-state index < -0.39 is 482 Å². The Kier molecular flexibility index (Phi) is 43.0. The highest BCUT2D eigenvalue weighted by Gasteiger charge is 2.68. The topological polar surface area (TPSA) is 1110 Å². The van der Waals surface area contributed by atoms with Gasteiger partial charge in [0.25, 0.3) is 11.6 Å². The van der Waals surface area contributed by atoms with E-state index in [4.69, 9.17) is 115 Å². The van der Waals surface area contributed by atoms with Crippen molar-refractivity contribution in [2.75, 3.05) is 66.1 Å². The molecule has 12 aliphatic heterocycles. The summed E-state index contributed by atoms with van der Waals surface area (Å²) in [5, 5.41) is 456. The number of hydrogen-bond donors (Lipinski definition) is 42. The molecule has 12 aliphatic rings. The van der Waals surface area contributed by atoms with E-state index in [1.165, 1.54) is 13.8 Å². The first-order chi connectivity index (χ1) is 70.0. The first kappa shape index (κ1) is 123. The monoisotopic (exact) mass is 2190 g/mol. The number of nitrogens with two attached hydrogens (primary N) is 1. The minimum absolute atomic E-state index is 0.512. The zero-order chi connectivity index (χ0) is 110. The van der Waals surface area contributed by atoms with Crippen LogP contribution in [0.15, 0.2) is 0 Å². The SMILES string of the molecule is CC(=O)N[C@H]1[C@H](OC[C@H](O)[C@H]2O[C@H](O[C@H]3[C@@H](O[C@@H]4[C@H](O)[C@@H](O[C@@H]5[C@H](O)[C@@H](O[C@H]6[C@@H]([C@H](O)CO)O[C@@](O)(C(=O)O)C[C@H]6O[C@@]6(C(=O)O)O[C@H]([C@H](O)CO[C@H]7OC[C@@H](N)[C@@H](O)[C@@H]7O)[C@H](O)[C@H](O)[C@@H]6O)O[C@H]([C@@H](O)CO)[C@H]5O[C@@H]5O[C@H](CO)[C@@H](O)[C@H](O)[C@H]5O)O[C@H]([C@@H](O)CO[C@H]5O[C@H]([C@@H](O)CO)[C@@H](O)[C@H](O)[C@@H]5O)[C@H]4O)O[C@H](CO[C@H]4O[C@H](CO)[C@@H](O)[C@H](O)[C@H]4O)[C@H](O)[C@@H]3O)[C@@H](O)[C@@H](O)[C@@H]2O)O[C@H](C)[C@@H](O)[C@@H]1O[C@@H]1O[C@@H](C)[C@H](O)[C@@H](O)[C@H]1O. The van der Waals surface area contributed by atoms with Crippen molar-refractivity contribution in [3.05, 3.63) is 0 Å².